The first-order chi connectivity index (χ1) is 12.7. The van der Waals surface area contributed by atoms with Crippen LogP contribution in [0.15, 0.2) is 48.1 Å². The van der Waals surface area contributed by atoms with E-state index in [2.05, 4.69) is 33.7 Å². The smallest absolute Gasteiger partial charge is 0.254 e. The Labute approximate surface area is 168 Å². The molecule has 1 amide bonds. The summed E-state index contributed by atoms with van der Waals surface area (Å²) in [5.74, 6) is -0.0478. The molecule has 1 aliphatic rings. The number of anilines is 1. The van der Waals surface area contributed by atoms with Crippen LogP contribution in [0.4, 0.5) is 5.13 Å². The summed E-state index contributed by atoms with van der Waals surface area (Å²) in [6, 6.07) is 9.99. The average Bonchev–Trinajstić information content (AvgIpc) is 3.35. The molecular weight excluding hydrogens is 382 g/mol. The second kappa shape index (κ2) is 8.21. The van der Waals surface area contributed by atoms with E-state index in [0.717, 1.165) is 24.3 Å². The molecular formula is C19H22ClN5OS. The van der Waals surface area contributed by atoms with Crippen molar-refractivity contribution in [1.29, 1.82) is 0 Å². The number of rotatable bonds is 4. The van der Waals surface area contributed by atoms with Gasteiger partial charge in [-0.2, -0.15) is 5.10 Å². The van der Waals surface area contributed by atoms with E-state index in [0.29, 0.717) is 18.0 Å². The fourth-order valence-corrected chi connectivity index (χ4v) is 4.16. The molecule has 3 aromatic rings. The SMILES string of the molecule is Cc1ccccc1-c1csc(NC(=O)C2(n3cccn3)CCNCC2)n1.Cl. The van der Waals surface area contributed by atoms with Crippen LogP contribution in [-0.2, 0) is 10.3 Å². The van der Waals surface area contributed by atoms with Crippen LogP contribution in [0, 0.1) is 6.92 Å². The molecule has 2 N–H and O–H groups in total. The minimum Gasteiger partial charge on any atom is -0.317 e. The maximum absolute atomic E-state index is 13.2. The van der Waals surface area contributed by atoms with Gasteiger partial charge in [0.25, 0.3) is 5.91 Å². The molecule has 0 spiro atoms. The average molecular weight is 404 g/mol. The molecule has 1 aliphatic heterocycles. The van der Waals surface area contributed by atoms with Gasteiger partial charge in [0.1, 0.15) is 5.54 Å². The predicted molar refractivity (Wildman–Crippen MR) is 110 cm³/mol. The van der Waals surface area contributed by atoms with Crippen molar-refractivity contribution in [3.05, 3.63) is 53.7 Å². The maximum atomic E-state index is 13.2. The van der Waals surface area contributed by atoms with E-state index in [-0.39, 0.29) is 18.3 Å². The molecule has 4 rings (SSSR count). The molecule has 0 radical (unpaired) electrons. The van der Waals surface area contributed by atoms with Gasteiger partial charge in [0, 0.05) is 23.3 Å². The number of carbonyl (C=O) groups excluding carboxylic acids is 1. The fourth-order valence-electron chi connectivity index (χ4n) is 3.45. The van der Waals surface area contributed by atoms with E-state index < -0.39 is 5.54 Å². The van der Waals surface area contributed by atoms with Crippen LogP contribution in [0.1, 0.15) is 18.4 Å². The first-order valence-corrected chi connectivity index (χ1v) is 9.61. The van der Waals surface area contributed by atoms with Crippen molar-refractivity contribution in [3.8, 4) is 11.3 Å². The lowest BCUT2D eigenvalue weighted by molar-refractivity contribution is -0.126. The third kappa shape index (κ3) is 3.76. The van der Waals surface area contributed by atoms with Crippen LogP contribution in [0.5, 0.6) is 0 Å². The van der Waals surface area contributed by atoms with Crippen LogP contribution in [-0.4, -0.2) is 33.8 Å². The second-order valence-corrected chi connectivity index (χ2v) is 7.40. The van der Waals surface area contributed by atoms with Crippen molar-refractivity contribution in [3.63, 3.8) is 0 Å². The molecule has 142 valence electrons. The van der Waals surface area contributed by atoms with Crippen LogP contribution in [0.2, 0.25) is 0 Å². The summed E-state index contributed by atoms with van der Waals surface area (Å²) >= 11 is 1.45. The summed E-state index contributed by atoms with van der Waals surface area (Å²) in [6.45, 7) is 3.65. The molecule has 8 heteroatoms. The van der Waals surface area contributed by atoms with Gasteiger partial charge in [0.2, 0.25) is 0 Å². The van der Waals surface area contributed by atoms with Crippen molar-refractivity contribution in [2.24, 2.45) is 0 Å². The molecule has 3 heterocycles. The van der Waals surface area contributed by atoms with Gasteiger partial charge in [-0.3, -0.25) is 14.8 Å². The fraction of sp³-hybridized carbons (Fsp3) is 0.316. The molecule has 2 aromatic heterocycles. The Morgan fingerprint density at radius 1 is 1.26 bits per heavy atom. The van der Waals surface area contributed by atoms with Gasteiger partial charge in [0.15, 0.2) is 5.13 Å². The Morgan fingerprint density at radius 3 is 2.74 bits per heavy atom. The summed E-state index contributed by atoms with van der Waals surface area (Å²) in [5, 5.41) is 13.3. The Balaban J connectivity index is 0.00000210. The highest BCUT2D eigenvalue weighted by molar-refractivity contribution is 7.14. The van der Waals surface area contributed by atoms with E-state index >= 15 is 0 Å². The number of piperidine rings is 1. The zero-order valence-corrected chi connectivity index (χ0v) is 16.6. The van der Waals surface area contributed by atoms with E-state index in [1.54, 1.807) is 10.9 Å². The number of benzene rings is 1. The Bertz CT molecular complexity index is 902. The van der Waals surface area contributed by atoms with Gasteiger partial charge in [-0.1, -0.05) is 24.3 Å². The van der Waals surface area contributed by atoms with Gasteiger partial charge in [-0.15, -0.1) is 23.7 Å². The van der Waals surface area contributed by atoms with Gasteiger partial charge in [0.05, 0.1) is 5.69 Å². The van der Waals surface area contributed by atoms with Crippen LogP contribution in [0.25, 0.3) is 11.3 Å². The highest BCUT2D eigenvalue weighted by Crippen LogP contribution is 2.31. The summed E-state index contributed by atoms with van der Waals surface area (Å²) in [7, 11) is 0. The molecule has 0 unspecified atom stereocenters. The summed E-state index contributed by atoms with van der Waals surface area (Å²) in [4.78, 5) is 17.8. The van der Waals surface area contributed by atoms with Gasteiger partial charge < -0.3 is 5.32 Å². The summed E-state index contributed by atoms with van der Waals surface area (Å²) in [6.07, 6.45) is 5.00. The third-order valence-corrected chi connectivity index (χ3v) is 5.70. The lowest BCUT2D eigenvalue weighted by Crippen LogP contribution is -2.52. The van der Waals surface area contributed by atoms with Crippen molar-refractivity contribution >= 4 is 34.8 Å². The second-order valence-electron chi connectivity index (χ2n) is 6.54. The first-order valence-electron chi connectivity index (χ1n) is 8.73. The number of hydrogen-bond donors (Lipinski definition) is 2. The van der Waals surface area contributed by atoms with Crippen molar-refractivity contribution < 1.29 is 4.79 Å². The minimum atomic E-state index is -0.663. The lowest BCUT2D eigenvalue weighted by atomic mass is 9.87. The number of aromatic nitrogens is 3. The number of amides is 1. The molecule has 27 heavy (non-hydrogen) atoms. The summed E-state index contributed by atoms with van der Waals surface area (Å²) in [5.41, 5.74) is 2.49. The third-order valence-electron chi connectivity index (χ3n) is 4.94. The zero-order valence-electron chi connectivity index (χ0n) is 15.0. The Kier molecular flexibility index (Phi) is 5.94. The highest BCUT2D eigenvalue weighted by Gasteiger charge is 2.42. The van der Waals surface area contributed by atoms with Crippen molar-refractivity contribution in [2.45, 2.75) is 25.3 Å². The van der Waals surface area contributed by atoms with E-state index in [9.17, 15) is 4.79 Å². The Morgan fingerprint density at radius 2 is 2.04 bits per heavy atom. The maximum Gasteiger partial charge on any atom is 0.254 e. The monoisotopic (exact) mass is 403 g/mol. The molecule has 1 fully saturated rings. The highest BCUT2D eigenvalue weighted by atomic mass is 35.5. The number of nitrogens with zero attached hydrogens (tertiary/aromatic N) is 3. The van der Waals surface area contributed by atoms with Crippen LogP contribution < -0.4 is 10.6 Å². The molecule has 1 saturated heterocycles. The molecule has 6 nitrogen and oxygen atoms in total. The number of nitrogens with one attached hydrogen (secondary N) is 2. The van der Waals surface area contributed by atoms with Crippen LogP contribution in [0.3, 0.4) is 0 Å². The van der Waals surface area contributed by atoms with Gasteiger partial charge in [-0.25, -0.2) is 4.98 Å². The molecule has 0 atom stereocenters. The largest absolute Gasteiger partial charge is 0.317 e. The van der Waals surface area contributed by atoms with Gasteiger partial charge in [-0.05, 0) is 44.5 Å². The molecule has 1 aromatic carbocycles. The number of carbonyl (C=O) groups is 1. The number of hydrogen-bond acceptors (Lipinski definition) is 5. The van der Waals surface area contributed by atoms with Crippen molar-refractivity contribution in [1.82, 2.24) is 20.1 Å². The normalized spacial score (nSPS) is 15.7. The lowest BCUT2D eigenvalue weighted by Gasteiger charge is -2.36. The number of thiazole rings is 1. The van der Waals surface area contributed by atoms with Crippen molar-refractivity contribution in [2.75, 3.05) is 18.4 Å². The standard InChI is InChI=1S/C19H21N5OS.ClH/c1-14-5-2-3-6-15(14)16-13-26-18(22-16)23-17(25)19(7-10-20-11-8-19)24-12-4-9-21-24;/h2-6,9,12-13,20H,7-8,10-11H2,1H3,(H,22,23,25);1H. The topological polar surface area (TPSA) is 71.8 Å². The van der Waals surface area contributed by atoms with E-state index in [4.69, 9.17) is 0 Å². The zero-order chi connectivity index (χ0) is 18.0. The number of aryl methyl sites for hydroxylation is 1. The minimum absolute atomic E-state index is 0. The summed E-state index contributed by atoms with van der Waals surface area (Å²) < 4.78 is 1.79. The predicted octanol–water partition coefficient (Wildman–Crippen LogP) is 3.45. The van der Waals surface area contributed by atoms with E-state index in [1.165, 1.54) is 16.9 Å². The van der Waals surface area contributed by atoms with Gasteiger partial charge >= 0.3 is 0 Å². The van der Waals surface area contributed by atoms with Crippen LogP contribution >= 0.6 is 23.7 Å². The quantitative estimate of drug-likeness (QED) is 0.699. The molecule has 0 bridgehead atoms. The number of halogens is 1. The Hall–Kier alpha value is -2.22. The molecule has 0 saturated carbocycles. The first kappa shape index (κ1) is 19.5. The molecule has 0 aliphatic carbocycles. The van der Waals surface area contributed by atoms with E-state index in [1.807, 2.05) is 35.8 Å².